The Morgan fingerprint density at radius 2 is 1.56 bits per heavy atom. The first-order chi connectivity index (χ1) is 16.4. The molecule has 4 aliphatic carbocycles. The van der Waals surface area contributed by atoms with Crippen molar-refractivity contribution in [1.29, 1.82) is 0 Å². The molecule has 0 bridgehead atoms. The molecule has 12 radical (unpaired) electrons. The first-order valence-electron chi connectivity index (χ1n) is 13.7. The fourth-order valence-corrected chi connectivity index (χ4v) is 9.67. The topological polar surface area (TPSA) is 77.8 Å². The van der Waals surface area contributed by atoms with Crippen molar-refractivity contribution in [1.82, 2.24) is 0 Å². The molecule has 4 saturated carbocycles. The van der Waals surface area contributed by atoms with Crippen molar-refractivity contribution in [2.75, 3.05) is 0 Å². The van der Waals surface area contributed by atoms with Crippen molar-refractivity contribution >= 4 is 53.0 Å². The fraction of sp³-hybridized carbons (Fsp3) is 0.962. The second-order valence-corrected chi connectivity index (χ2v) is 13.8. The molecular weight excluding hydrogens is 441 g/mol. The third-order valence-corrected chi connectivity index (χ3v) is 12.1. The zero-order valence-corrected chi connectivity index (χ0v) is 22.2. The van der Waals surface area contributed by atoms with Crippen LogP contribution in [0, 0.1) is 45.8 Å². The molecule has 0 amide bonds. The summed E-state index contributed by atoms with van der Waals surface area (Å²) in [7, 11) is 36.7. The Hall–Kier alpha value is -0.220. The number of fused-ring (bicyclic) bond motifs is 5. The number of hydrogen-bond donors (Lipinski definition) is 3. The molecule has 4 fully saturated rings. The van der Waals surface area contributed by atoms with Gasteiger partial charge in [-0.1, -0.05) is 39.4 Å². The lowest BCUT2D eigenvalue weighted by Crippen LogP contribution is -2.66. The zero-order chi connectivity index (χ0) is 27.1. The first-order valence-corrected chi connectivity index (χ1v) is 13.7. The number of aliphatic hydroxyl groups excluding tert-OH is 2. The second-order valence-electron chi connectivity index (χ2n) is 13.8. The van der Waals surface area contributed by atoms with Gasteiger partial charge in [0.1, 0.15) is 0 Å². The number of carbonyl (C=O) groups is 1. The number of carboxylic acids is 1. The highest BCUT2D eigenvalue weighted by Crippen LogP contribution is 2.74. The van der Waals surface area contributed by atoms with Crippen molar-refractivity contribution in [2.45, 2.75) is 107 Å². The van der Waals surface area contributed by atoms with E-state index in [-0.39, 0.29) is 46.3 Å². The maximum absolute atomic E-state index is 12.1. The molecule has 3 N–H and O–H groups in total. The fourth-order valence-electron chi connectivity index (χ4n) is 9.67. The largest absolute Gasteiger partial charge is 0.482 e. The molecule has 36 heavy (non-hydrogen) atoms. The molecule has 0 heterocycles. The third-order valence-electron chi connectivity index (χ3n) is 12.1. The molecule has 1 unspecified atom stereocenters. The molecule has 0 aromatic rings. The van der Waals surface area contributed by atoms with Gasteiger partial charge in [0.25, 0.3) is 5.97 Å². The molecule has 0 spiro atoms. The van der Waals surface area contributed by atoms with Crippen molar-refractivity contribution in [3.8, 4) is 0 Å². The van der Waals surface area contributed by atoms with Gasteiger partial charge in [0.05, 0.1) is 59.3 Å². The van der Waals surface area contributed by atoms with E-state index in [4.69, 9.17) is 47.1 Å². The molecule has 4 nitrogen and oxygen atoms in total. The molecule has 4 rings (SSSR count). The zero-order valence-electron chi connectivity index (χ0n) is 22.2. The summed E-state index contributed by atoms with van der Waals surface area (Å²) in [5, 5.41) is 28.8. The van der Waals surface area contributed by atoms with Gasteiger partial charge in [-0.3, -0.25) is 4.79 Å². The summed E-state index contributed by atoms with van der Waals surface area (Å²) in [4.78, 5) is 11.5. The molecular formula is C26H38B6O4. The van der Waals surface area contributed by atoms with Crippen LogP contribution in [0.4, 0.5) is 0 Å². The summed E-state index contributed by atoms with van der Waals surface area (Å²) < 4.78 is 0. The summed E-state index contributed by atoms with van der Waals surface area (Å²) in [5.41, 5.74) is -0.426. The van der Waals surface area contributed by atoms with E-state index in [9.17, 15) is 20.1 Å². The lowest BCUT2D eigenvalue weighted by Gasteiger charge is -2.69. The van der Waals surface area contributed by atoms with Crippen molar-refractivity contribution in [3.63, 3.8) is 0 Å². The van der Waals surface area contributed by atoms with Crippen LogP contribution in [0.3, 0.4) is 0 Å². The Bertz CT molecular complexity index is 866. The van der Waals surface area contributed by atoms with Gasteiger partial charge in [-0.2, -0.15) is 0 Å². The monoisotopic (exact) mass is 480 g/mol. The van der Waals surface area contributed by atoms with Gasteiger partial charge >= 0.3 is 0 Å². The number of hydrogen-bond acceptors (Lipinski definition) is 3. The summed E-state index contributed by atoms with van der Waals surface area (Å²) >= 11 is 0. The predicted molar refractivity (Wildman–Crippen MR) is 147 cm³/mol. The van der Waals surface area contributed by atoms with Crippen LogP contribution in [0.2, 0.25) is 16.1 Å². The molecule has 11 atom stereocenters. The minimum atomic E-state index is -1.74. The normalized spacial score (nSPS) is 47.9. The summed E-state index contributed by atoms with van der Waals surface area (Å²) in [6.07, 6.45) is 5.61. The van der Waals surface area contributed by atoms with Crippen molar-refractivity contribution in [3.05, 3.63) is 0 Å². The Morgan fingerprint density at radius 3 is 2.14 bits per heavy atom. The molecule has 184 valence electrons. The van der Waals surface area contributed by atoms with E-state index in [1.54, 1.807) is 0 Å². The van der Waals surface area contributed by atoms with Gasteiger partial charge in [0.2, 0.25) is 0 Å². The average molecular weight is 479 g/mol. The summed E-state index contributed by atoms with van der Waals surface area (Å²) in [5.74, 6) is -1.99. The number of carboxylic acid groups (broad SMARTS) is 1. The molecule has 0 saturated heterocycles. The van der Waals surface area contributed by atoms with Gasteiger partial charge < -0.3 is 15.3 Å². The van der Waals surface area contributed by atoms with Crippen molar-refractivity contribution < 1.29 is 20.1 Å². The Morgan fingerprint density at radius 1 is 0.944 bits per heavy atom. The highest BCUT2D eigenvalue weighted by atomic mass is 16.4. The van der Waals surface area contributed by atoms with Gasteiger partial charge in [0.15, 0.2) is 0 Å². The molecule has 10 heteroatoms. The van der Waals surface area contributed by atoms with E-state index in [2.05, 4.69) is 20.8 Å². The minimum absolute atomic E-state index is 0.0293. The van der Waals surface area contributed by atoms with E-state index in [1.165, 1.54) is 0 Å². The highest BCUT2D eigenvalue weighted by molar-refractivity contribution is 6.61. The smallest absolute Gasteiger partial charge is 0.292 e. The predicted octanol–water partition coefficient (Wildman–Crippen LogP) is 2.45. The van der Waals surface area contributed by atoms with Gasteiger partial charge in [-0.25, -0.2) is 0 Å². The van der Waals surface area contributed by atoms with E-state index in [0.717, 1.165) is 38.5 Å². The second kappa shape index (κ2) is 9.17. The van der Waals surface area contributed by atoms with Crippen LogP contribution < -0.4 is 0 Å². The molecule has 0 aliphatic heterocycles. The number of aliphatic hydroxyl groups is 2. The van der Waals surface area contributed by atoms with Crippen LogP contribution in [0.5, 0.6) is 0 Å². The Labute approximate surface area is 225 Å². The van der Waals surface area contributed by atoms with Crippen LogP contribution in [-0.2, 0) is 4.79 Å². The summed E-state index contributed by atoms with van der Waals surface area (Å²) in [6.45, 7) is 6.91. The quantitative estimate of drug-likeness (QED) is 0.512. The lowest BCUT2D eigenvalue weighted by molar-refractivity contribution is -0.229. The SMILES string of the molecule is [B]C([C@H]1[C@@H](O)[C@@H]2[C@H](CC[C@]3(C)[C@@H](CCC([B])([B])C(=O)O)CC[C@@]23C)[C@@]2(C)CC[C@@H](O)C[C@@H]12)C([B])([B])[B]. The highest BCUT2D eigenvalue weighted by Gasteiger charge is 2.69. The average Bonchev–Trinajstić information content (AvgIpc) is 3.03. The van der Waals surface area contributed by atoms with Gasteiger partial charge in [0, 0.05) is 0 Å². The van der Waals surface area contributed by atoms with E-state index in [1.807, 2.05) is 0 Å². The number of rotatable bonds is 6. The van der Waals surface area contributed by atoms with Crippen LogP contribution in [0.15, 0.2) is 0 Å². The van der Waals surface area contributed by atoms with Gasteiger partial charge in [-0.05, 0) is 96.0 Å². The van der Waals surface area contributed by atoms with E-state index < -0.39 is 40.2 Å². The minimum Gasteiger partial charge on any atom is -0.482 e. The molecule has 0 aromatic heterocycles. The van der Waals surface area contributed by atoms with Crippen LogP contribution in [-0.4, -0.2) is 80.6 Å². The standard InChI is InChI=1S/C26H38B6O4/c1-22-8-6-14(33)12-16(22)17(20(27)26(30,31)32)19(34)18-15(22)7-10-23(2)13(4-9-24(18,23)3)5-11-25(28,29)21(35)36/h13-20,33-34H,4-12H2,1-3H3,(H,35,36)/t13-,14-,15+,16+,17-,18+,19-,20?,22-,23-,24+/m1/s1. The summed E-state index contributed by atoms with van der Waals surface area (Å²) in [6, 6.07) is 0. The van der Waals surface area contributed by atoms with E-state index in [0.29, 0.717) is 12.8 Å². The Balaban J connectivity index is 1.71. The third kappa shape index (κ3) is 4.22. The van der Waals surface area contributed by atoms with E-state index >= 15 is 0 Å². The van der Waals surface area contributed by atoms with Gasteiger partial charge in [-0.15, -0.1) is 5.11 Å². The molecule has 4 aliphatic rings. The molecule has 0 aromatic carbocycles. The first kappa shape index (κ1) is 28.8. The number of aliphatic carboxylic acids is 1. The van der Waals surface area contributed by atoms with Crippen LogP contribution >= 0.6 is 0 Å². The lowest BCUT2D eigenvalue weighted by atomic mass is 9.28. The maximum atomic E-state index is 12.1. The maximum Gasteiger partial charge on any atom is 0.292 e. The Kier molecular flexibility index (Phi) is 7.33. The van der Waals surface area contributed by atoms with Crippen LogP contribution in [0.1, 0.15) is 78.6 Å². The van der Waals surface area contributed by atoms with Crippen LogP contribution in [0.25, 0.3) is 0 Å². The van der Waals surface area contributed by atoms with Crippen molar-refractivity contribution in [2.24, 2.45) is 45.8 Å².